The molecule has 0 unspecified atom stereocenters. The van der Waals surface area contributed by atoms with E-state index in [0.717, 1.165) is 36.0 Å². The summed E-state index contributed by atoms with van der Waals surface area (Å²) < 4.78 is 0. The third-order valence-electron chi connectivity index (χ3n) is 9.20. The number of benzene rings is 1. The Bertz CT molecular complexity index is 1330. The van der Waals surface area contributed by atoms with Gasteiger partial charge in [-0.2, -0.15) is 0 Å². The molecule has 0 aromatic heterocycles. The molecule has 0 N–H and O–H groups in total. The molecule has 0 spiro atoms. The Morgan fingerprint density at radius 1 is 1.03 bits per heavy atom. The molecule has 3 aliphatic carbocycles. The van der Waals surface area contributed by atoms with Gasteiger partial charge in [-0.1, -0.05) is 69.2 Å². The van der Waals surface area contributed by atoms with Gasteiger partial charge in [-0.15, -0.1) is 0 Å². The van der Waals surface area contributed by atoms with Gasteiger partial charge in [0.1, 0.15) is 0 Å². The Morgan fingerprint density at radius 2 is 1.68 bits per heavy atom. The van der Waals surface area contributed by atoms with Crippen LogP contribution >= 0.6 is 0 Å². The molecule has 0 saturated heterocycles. The van der Waals surface area contributed by atoms with Crippen LogP contribution in [0.15, 0.2) is 65.3 Å². The van der Waals surface area contributed by atoms with E-state index in [1.165, 1.54) is 51.5 Å². The lowest BCUT2D eigenvalue weighted by atomic mass is 9.41. The Balaban J connectivity index is 2.01. The molecule has 0 heterocycles. The van der Waals surface area contributed by atoms with Gasteiger partial charge in [-0.05, 0) is 109 Å². The van der Waals surface area contributed by atoms with Crippen LogP contribution in [0.5, 0.6) is 0 Å². The van der Waals surface area contributed by atoms with Crippen LogP contribution in [0.4, 0.5) is 0 Å². The van der Waals surface area contributed by atoms with E-state index in [9.17, 15) is 4.79 Å². The monoisotopic (exact) mass is 450 g/mol. The molecule has 1 heteroatoms. The molecule has 1 aromatic rings. The summed E-state index contributed by atoms with van der Waals surface area (Å²) in [6.07, 6.45) is 3.00. The van der Waals surface area contributed by atoms with E-state index in [2.05, 4.69) is 92.2 Å². The van der Waals surface area contributed by atoms with Crippen molar-refractivity contribution in [2.75, 3.05) is 0 Å². The zero-order chi connectivity index (χ0) is 25.4. The fraction of sp³-hybridized carbons (Fsp3) is 0.424. The van der Waals surface area contributed by atoms with Crippen LogP contribution in [0.3, 0.4) is 0 Å². The van der Waals surface area contributed by atoms with Gasteiger partial charge >= 0.3 is 0 Å². The van der Waals surface area contributed by atoms with Crippen LogP contribution < -0.4 is 0 Å². The molecule has 3 atom stereocenters. The van der Waals surface area contributed by atoms with E-state index in [1.807, 2.05) is 0 Å². The fourth-order valence-corrected chi connectivity index (χ4v) is 7.81. The van der Waals surface area contributed by atoms with Crippen LogP contribution in [0.2, 0.25) is 0 Å². The summed E-state index contributed by atoms with van der Waals surface area (Å²) in [4.78, 5) is 11.6. The van der Waals surface area contributed by atoms with Gasteiger partial charge in [0.25, 0.3) is 0 Å². The van der Waals surface area contributed by atoms with Gasteiger partial charge in [0.05, 0.1) is 0 Å². The van der Waals surface area contributed by atoms with Gasteiger partial charge < -0.3 is 0 Å². The first kappa shape index (κ1) is 24.3. The van der Waals surface area contributed by atoms with Gasteiger partial charge in [0.15, 0.2) is 0 Å². The SMILES string of the molecule is C=C(C)C1=C(C)C[C@@]2(C)C[C@@]3(C)Cc4c(C#CC(C)=O)ccc(C)c4C(=C)C3=C(C)[C@@]2(C)C1=C. The maximum atomic E-state index is 11.6. The molecule has 3 aliphatic rings. The van der Waals surface area contributed by atoms with Crippen molar-refractivity contribution in [2.24, 2.45) is 16.2 Å². The van der Waals surface area contributed by atoms with Crippen LogP contribution in [0.25, 0.3) is 5.57 Å². The van der Waals surface area contributed by atoms with Crippen molar-refractivity contribution in [3.63, 3.8) is 0 Å². The zero-order valence-electron chi connectivity index (χ0n) is 22.3. The number of Topliss-reactive ketones (excluding diaryl/α,β-unsaturated/α-hetero) is 1. The predicted octanol–water partition coefficient (Wildman–Crippen LogP) is 8.10. The normalized spacial score (nSPS) is 30.2. The number of fused-ring (bicyclic) bond motifs is 3. The average molecular weight is 451 g/mol. The van der Waals surface area contributed by atoms with Crippen molar-refractivity contribution in [3.05, 3.63) is 87.6 Å². The highest BCUT2D eigenvalue weighted by molar-refractivity contribution is 5.94. The number of allylic oxidation sites excluding steroid dienone is 7. The van der Waals surface area contributed by atoms with Crippen LogP contribution in [0.1, 0.15) is 83.6 Å². The highest BCUT2D eigenvalue weighted by Gasteiger charge is 2.59. The van der Waals surface area contributed by atoms with E-state index < -0.39 is 0 Å². The van der Waals surface area contributed by atoms with E-state index in [-0.39, 0.29) is 22.0 Å². The molecule has 0 amide bonds. The smallest absolute Gasteiger partial charge is 0.202 e. The molecule has 1 aromatic carbocycles. The van der Waals surface area contributed by atoms with Crippen molar-refractivity contribution in [1.82, 2.24) is 0 Å². The second-order valence-electron chi connectivity index (χ2n) is 11.8. The molecule has 0 radical (unpaired) electrons. The minimum atomic E-state index is -0.157. The van der Waals surface area contributed by atoms with E-state index in [4.69, 9.17) is 0 Å². The zero-order valence-corrected chi connectivity index (χ0v) is 22.3. The summed E-state index contributed by atoms with van der Waals surface area (Å²) in [7, 11) is 0. The number of carbonyl (C=O) groups is 1. The lowest BCUT2D eigenvalue weighted by Crippen LogP contribution is -2.52. The van der Waals surface area contributed by atoms with E-state index in [1.54, 1.807) is 0 Å². The van der Waals surface area contributed by atoms with Crippen LogP contribution in [-0.2, 0) is 11.2 Å². The molecule has 176 valence electrons. The lowest BCUT2D eigenvalue weighted by Gasteiger charge is -2.62. The quantitative estimate of drug-likeness (QED) is 0.395. The highest BCUT2D eigenvalue weighted by Crippen LogP contribution is 2.70. The molecule has 1 nitrogen and oxygen atoms in total. The van der Waals surface area contributed by atoms with Gasteiger partial charge in [-0.25, -0.2) is 0 Å². The topological polar surface area (TPSA) is 17.1 Å². The standard InChI is InChI=1S/C33H38O/c1-19(2)28-21(4)16-32(10)18-31(9)17-27-26(15-13-22(5)34)14-12-20(3)29(27)23(6)30(31)25(8)33(32,11)24(28)7/h12,14H,1,6-7,16-18H2,2-5,8-11H3/t31-,32+,33-/m1/s1. The number of aryl methyl sites for hydroxylation is 1. The van der Waals surface area contributed by atoms with Gasteiger partial charge in [0, 0.05) is 17.9 Å². The second kappa shape index (κ2) is 7.58. The third-order valence-corrected chi connectivity index (χ3v) is 9.20. The summed E-state index contributed by atoms with van der Waals surface area (Å²) in [6.45, 7) is 31.3. The molecular weight excluding hydrogens is 412 g/mol. The fourth-order valence-electron chi connectivity index (χ4n) is 7.81. The van der Waals surface area contributed by atoms with Crippen molar-refractivity contribution in [3.8, 4) is 11.8 Å². The Labute approximate surface area is 206 Å². The average Bonchev–Trinajstić information content (AvgIpc) is 2.69. The highest BCUT2D eigenvalue weighted by atomic mass is 16.1. The molecule has 0 aliphatic heterocycles. The number of ketones is 1. The van der Waals surface area contributed by atoms with Crippen LogP contribution in [0, 0.1) is 35.0 Å². The lowest BCUT2D eigenvalue weighted by molar-refractivity contribution is -0.111. The number of hydrogen-bond donors (Lipinski definition) is 0. The van der Waals surface area contributed by atoms with Crippen molar-refractivity contribution >= 4 is 11.4 Å². The Hall–Kier alpha value is -2.85. The first-order valence-corrected chi connectivity index (χ1v) is 12.3. The summed E-state index contributed by atoms with van der Waals surface area (Å²) >= 11 is 0. The molecule has 0 saturated carbocycles. The van der Waals surface area contributed by atoms with E-state index in [0.29, 0.717) is 0 Å². The molecule has 4 rings (SSSR count). The summed E-state index contributed by atoms with van der Waals surface area (Å²) in [5, 5.41) is 0. The van der Waals surface area contributed by atoms with Gasteiger partial charge in [0.2, 0.25) is 5.78 Å². The minimum Gasteiger partial charge on any atom is -0.285 e. The van der Waals surface area contributed by atoms with Crippen LogP contribution in [-0.4, -0.2) is 5.78 Å². The van der Waals surface area contributed by atoms with Crippen molar-refractivity contribution in [2.45, 2.75) is 74.7 Å². The number of hydrogen-bond acceptors (Lipinski definition) is 1. The first-order valence-electron chi connectivity index (χ1n) is 12.3. The Kier molecular flexibility index (Phi) is 5.41. The first-order chi connectivity index (χ1) is 15.7. The minimum absolute atomic E-state index is 0.0439. The molecular formula is C33H38O. The summed E-state index contributed by atoms with van der Waals surface area (Å²) in [6, 6.07) is 4.19. The van der Waals surface area contributed by atoms with Crippen molar-refractivity contribution in [1.29, 1.82) is 0 Å². The number of rotatable bonds is 1. The summed E-state index contributed by atoms with van der Waals surface area (Å²) in [5.41, 5.74) is 13.3. The van der Waals surface area contributed by atoms with Gasteiger partial charge in [-0.3, -0.25) is 4.79 Å². The molecule has 0 fully saturated rings. The molecule has 0 bridgehead atoms. The van der Waals surface area contributed by atoms with Crippen molar-refractivity contribution < 1.29 is 4.79 Å². The molecule has 34 heavy (non-hydrogen) atoms. The second-order valence-corrected chi connectivity index (χ2v) is 11.8. The number of carbonyl (C=O) groups excluding carboxylic acids is 1. The largest absolute Gasteiger partial charge is 0.285 e. The maximum Gasteiger partial charge on any atom is 0.202 e. The maximum absolute atomic E-state index is 11.6. The third kappa shape index (κ3) is 3.11. The van der Waals surface area contributed by atoms with E-state index >= 15 is 0 Å². The predicted molar refractivity (Wildman–Crippen MR) is 144 cm³/mol. The Morgan fingerprint density at radius 3 is 2.26 bits per heavy atom. The summed E-state index contributed by atoms with van der Waals surface area (Å²) in [5.74, 6) is 5.82.